The fraction of sp³-hybridized carbons (Fsp3) is 0.0769. The number of nitrogens with zero attached hydrogens (tertiary/aromatic N) is 3. The van der Waals surface area contributed by atoms with Gasteiger partial charge in [0.2, 0.25) is 0 Å². The molecule has 4 nitrogen and oxygen atoms in total. The first-order chi connectivity index (χ1) is 8.33. The van der Waals surface area contributed by atoms with Crippen molar-refractivity contribution in [1.82, 2.24) is 15.0 Å². The van der Waals surface area contributed by atoms with Gasteiger partial charge >= 0.3 is 0 Å². The van der Waals surface area contributed by atoms with E-state index in [0.29, 0.717) is 0 Å². The summed E-state index contributed by atoms with van der Waals surface area (Å²) in [5.74, 6) is 0.725. The van der Waals surface area contributed by atoms with E-state index in [4.69, 9.17) is 4.42 Å². The summed E-state index contributed by atoms with van der Waals surface area (Å²) in [6.45, 7) is 2.05. The molecule has 0 unspecified atom stereocenters. The van der Waals surface area contributed by atoms with E-state index >= 15 is 0 Å². The topological polar surface area (TPSA) is 43.9 Å². The fourth-order valence-corrected chi connectivity index (χ4v) is 1.62. The van der Waals surface area contributed by atoms with Gasteiger partial charge in [0.25, 0.3) is 0 Å². The van der Waals surface area contributed by atoms with E-state index in [0.717, 1.165) is 17.1 Å². The molecule has 0 spiro atoms. The number of rotatable bonds is 2. The van der Waals surface area contributed by atoms with E-state index in [2.05, 4.69) is 17.2 Å². The molecule has 3 rings (SSSR count). The predicted molar refractivity (Wildman–Crippen MR) is 63.8 cm³/mol. The van der Waals surface area contributed by atoms with Crippen molar-refractivity contribution in [3.63, 3.8) is 0 Å². The van der Waals surface area contributed by atoms with Crippen LogP contribution >= 0.6 is 0 Å². The summed E-state index contributed by atoms with van der Waals surface area (Å²) in [5, 5.41) is 8.16. The van der Waals surface area contributed by atoms with Crippen molar-refractivity contribution in [2.45, 2.75) is 6.92 Å². The van der Waals surface area contributed by atoms with E-state index in [1.807, 2.05) is 42.6 Å². The van der Waals surface area contributed by atoms with Gasteiger partial charge in [-0.3, -0.25) is 0 Å². The van der Waals surface area contributed by atoms with Crippen LogP contribution in [0.4, 0.5) is 0 Å². The van der Waals surface area contributed by atoms with Crippen molar-refractivity contribution in [2.24, 2.45) is 0 Å². The molecule has 0 aliphatic carbocycles. The van der Waals surface area contributed by atoms with Crippen LogP contribution in [0.3, 0.4) is 0 Å². The number of benzene rings is 1. The first kappa shape index (κ1) is 9.84. The molecule has 2 heterocycles. The lowest BCUT2D eigenvalue weighted by molar-refractivity contribution is 0.580. The molecule has 0 amide bonds. The summed E-state index contributed by atoms with van der Waals surface area (Å²) in [4.78, 5) is 0. The molecule has 1 aromatic carbocycles. The third kappa shape index (κ3) is 1.85. The van der Waals surface area contributed by atoms with E-state index in [1.165, 1.54) is 5.56 Å². The van der Waals surface area contributed by atoms with E-state index in [9.17, 15) is 0 Å². The Morgan fingerprint density at radius 3 is 2.65 bits per heavy atom. The normalized spacial score (nSPS) is 10.6. The molecule has 0 aliphatic rings. The molecule has 0 aliphatic heterocycles. The number of aromatic nitrogens is 3. The van der Waals surface area contributed by atoms with Crippen molar-refractivity contribution >= 4 is 0 Å². The Morgan fingerprint density at radius 1 is 1.12 bits per heavy atom. The molecule has 84 valence electrons. The van der Waals surface area contributed by atoms with Crippen molar-refractivity contribution in [2.75, 3.05) is 0 Å². The molecular weight excluding hydrogens is 214 g/mol. The average molecular weight is 225 g/mol. The van der Waals surface area contributed by atoms with E-state index in [-0.39, 0.29) is 0 Å². The molecule has 0 N–H and O–H groups in total. The SMILES string of the molecule is Cc1ccc(-n2cc(-c3ccco3)nn2)cc1. The molecule has 3 aromatic rings. The number of furan rings is 1. The lowest BCUT2D eigenvalue weighted by Crippen LogP contribution is -1.94. The third-order valence-electron chi connectivity index (χ3n) is 2.57. The quantitative estimate of drug-likeness (QED) is 0.673. The third-order valence-corrected chi connectivity index (χ3v) is 2.57. The smallest absolute Gasteiger partial charge is 0.155 e. The summed E-state index contributed by atoms with van der Waals surface area (Å²) >= 11 is 0. The van der Waals surface area contributed by atoms with Gasteiger partial charge in [0.05, 0.1) is 18.1 Å². The van der Waals surface area contributed by atoms with Crippen molar-refractivity contribution in [1.29, 1.82) is 0 Å². The summed E-state index contributed by atoms with van der Waals surface area (Å²) in [7, 11) is 0. The van der Waals surface area contributed by atoms with Crippen LogP contribution in [0.2, 0.25) is 0 Å². The molecule has 0 bridgehead atoms. The Labute approximate surface area is 98.5 Å². The number of hydrogen-bond acceptors (Lipinski definition) is 3. The second-order valence-electron chi connectivity index (χ2n) is 3.86. The van der Waals surface area contributed by atoms with Crippen LogP contribution in [0.15, 0.2) is 53.3 Å². The minimum absolute atomic E-state index is 0.725. The average Bonchev–Trinajstić information content (AvgIpc) is 3.00. The molecule has 4 heteroatoms. The van der Waals surface area contributed by atoms with Crippen LogP contribution in [0.25, 0.3) is 17.1 Å². The van der Waals surface area contributed by atoms with Gasteiger partial charge in [0, 0.05) is 0 Å². The number of hydrogen-bond donors (Lipinski definition) is 0. The molecule has 0 fully saturated rings. The summed E-state index contributed by atoms with van der Waals surface area (Å²) in [5.41, 5.74) is 2.94. The highest BCUT2D eigenvalue weighted by molar-refractivity contribution is 5.50. The lowest BCUT2D eigenvalue weighted by atomic mass is 10.2. The fourth-order valence-electron chi connectivity index (χ4n) is 1.62. The summed E-state index contributed by atoms with van der Waals surface area (Å²) in [6.07, 6.45) is 3.48. The Balaban J connectivity index is 1.98. The zero-order valence-corrected chi connectivity index (χ0v) is 9.37. The maximum Gasteiger partial charge on any atom is 0.155 e. The van der Waals surface area contributed by atoms with Gasteiger partial charge in [0.15, 0.2) is 5.76 Å². The molecule has 0 radical (unpaired) electrons. The second kappa shape index (κ2) is 3.90. The van der Waals surface area contributed by atoms with E-state index in [1.54, 1.807) is 10.9 Å². The Morgan fingerprint density at radius 2 is 1.94 bits per heavy atom. The molecule has 2 aromatic heterocycles. The highest BCUT2D eigenvalue weighted by atomic mass is 16.3. The molecule has 0 saturated heterocycles. The minimum atomic E-state index is 0.725. The van der Waals surface area contributed by atoms with Gasteiger partial charge in [-0.15, -0.1) is 5.10 Å². The zero-order valence-electron chi connectivity index (χ0n) is 9.37. The van der Waals surface area contributed by atoms with Gasteiger partial charge < -0.3 is 4.42 Å². The molecule has 17 heavy (non-hydrogen) atoms. The van der Waals surface area contributed by atoms with Crippen LogP contribution in [0.1, 0.15) is 5.56 Å². The van der Waals surface area contributed by atoms with Crippen LogP contribution in [-0.2, 0) is 0 Å². The number of aryl methyl sites for hydroxylation is 1. The van der Waals surface area contributed by atoms with Gasteiger partial charge in [-0.25, -0.2) is 4.68 Å². The van der Waals surface area contributed by atoms with Crippen LogP contribution < -0.4 is 0 Å². The molecule has 0 saturated carbocycles. The monoisotopic (exact) mass is 225 g/mol. The lowest BCUT2D eigenvalue weighted by Gasteiger charge is -1.99. The second-order valence-corrected chi connectivity index (χ2v) is 3.86. The first-order valence-electron chi connectivity index (χ1n) is 5.36. The van der Waals surface area contributed by atoms with Gasteiger partial charge in [-0.2, -0.15) is 0 Å². The largest absolute Gasteiger partial charge is 0.463 e. The maximum absolute atomic E-state index is 5.27. The molecular formula is C13H11N3O. The maximum atomic E-state index is 5.27. The van der Waals surface area contributed by atoms with Crippen molar-refractivity contribution in [3.05, 3.63) is 54.4 Å². The predicted octanol–water partition coefficient (Wildman–Crippen LogP) is 2.84. The van der Waals surface area contributed by atoms with Crippen LogP contribution in [-0.4, -0.2) is 15.0 Å². The Hall–Kier alpha value is -2.36. The Kier molecular flexibility index (Phi) is 2.26. The van der Waals surface area contributed by atoms with Crippen LogP contribution in [0.5, 0.6) is 0 Å². The standard InChI is InChI=1S/C13H11N3O/c1-10-4-6-11(7-5-10)16-9-12(14-15-16)13-3-2-8-17-13/h2-9H,1H3. The first-order valence-corrected chi connectivity index (χ1v) is 5.36. The van der Waals surface area contributed by atoms with Gasteiger partial charge in [0.1, 0.15) is 5.69 Å². The van der Waals surface area contributed by atoms with Crippen LogP contribution in [0, 0.1) is 6.92 Å². The Bertz CT molecular complexity index is 608. The highest BCUT2D eigenvalue weighted by Gasteiger charge is 2.06. The van der Waals surface area contributed by atoms with Crippen molar-refractivity contribution in [3.8, 4) is 17.1 Å². The molecule has 0 atom stereocenters. The van der Waals surface area contributed by atoms with Gasteiger partial charge in [-0.1, -0.05) is 22.9 Å². The minimum Gasteiger partial charge on any atom is -0.463 e. The summed E-state index contributed by atoms with van der Waals surface area (Å²) in [6, 6.07) is 11.8. The summed E-state index contributed by atoms with van der Waals surface area (Å²) < 4.78 is 7.01. The van der Waals surface area contributed by atoms with Crippen molar-refractivity contribution < 1.29 is 4.42 Å². The highest BCUT2D eigenvalue weighted by Crippen LogP contribution is 2.17. The van der Waals surface area contributed by atoms with Gasteiger partial charge in [-0.05, 0) is 31.2 Å². The zero-order chi connectivity index (χ0) is 11.7. The van der Waals surface area contributed by atoms with E-state index < -0.39 is 0 Å².